The summed E-state index contributed by atoms with van der Waals surface area (Å²) in [6, 6.07) is 5.39. The molecule has 0 aromatic heterocycles. The van der Waals surface area contributed by atoms with Crippen LogP contribution in [0.3, 0.4) is 0 Å². The predicted molar refractivity (Wildman–Crippen MR) is 83.8 cm³/mol. The van der Waals surface area contributed by atoms with Crippen LogP contribution in [0.15, 0.2) is 29.2 Å². The van der Waals surface area contributed by atoms with Crippen LogP contribution < -0.4 is 15.4 Å². The van der Waals surface area contributed by atoms with Crippen molar-refractivity contribution in [2.45, 2.75) is 30.2 Å². The second-order valence-corrected chi connectivity index (χ2v) is 7.46. The number of carbonyl (C=O) groups excluding carboxylic acids is 2. The average Bonchev–Trinajstić information content (AvgIpc) is 2.70. The van der Waals surface area contributed by atoms with Crippen LogP contribution in [0, 0.1) is 0 Å². The van der Waals surface area contributed by atoms with Crippen molar-refractivity contribution in [3.63, 3.8) is 0 Å². The highest BCUT2D eigenvalue weighted by Crippen LogP contribution is 2.17. The molecule has 23 heavy (non-hydrogen) atoms. The number of hydrogen-bond acceptors (Lipinski definition) is 5. The molecule has 2 N–H and O–H groups in total. The molecule has 1 aliphatic rings. The molecule has 2 amide bonds. The minimum absolute atomic E-state index is 0.124. The molecule has 1 fully saturated rings. The van der Waals surface area contributed by atoms with E-state index in [0.717, 1.165) is 19.1 Å². The van der Waals surface area contributed by atoms with E-state index in [4.69, 9.17) is 4.74 Å². The Kier molecular flexibility index (Phi) is 5.59. The summed E-state index contributed by atoms with van der Waals surface area (Å²) < 4.78 is 28.3. The van der Waals surface area contributed by atoms with Gasteiger partial charge in [0.25, 0.3) is 5.91 Å². The molecular formula is C15H20N2O5S. The molecule has 0 aliphatic carbocycles. The molecule has 2 rings (SSSR count). The highest BCUT2D eigenvalue weighted by molar-refractivity contribution is 7.90. The predicted octanol–water partition coefficient (Wildman–Crippen LogP) is 0.254. The SMILES string of the molecule is CS(=O)(=O)c1cccc(OCC(=O)N[C@@H]2CCCCNC2=O)c1. The van der Waals surface area contributed by atoms with Gasteiger partial charge in [-0.15, -0.1) is 0 Å². The zero-order chi connectivity index (χ0) is 16.9. The zero-order valence-corrected chi connectivity index (χ0v) is 13.7. The minimum Gasteiger partial charge on any atom is -0.484 e. The zero-order valence-electron chi connectivity index (χ0n) is 12.9. The van der Waals surface area contributed by atoms with Gasteiger partial charge in [0.1, 0.15) is 11.8 Å². The van der Waals surface area contributed by atoms with Crippen molar-refractivity contribution in [3.8, 4) is 5.75 Å². The number of nitrogens with one attached hydrogen (secondary N) is 2. The molecule has 0 saturated carbocycles. The molecule has 1 atom stereocenters. The van der Waals surface area contributed by atoms with Crippen LogP contribution in [-0.4, -0.2) is 45.7 Å². The standard InChI is InChI=1S/C15H20N2O5S/c1-23(20,21)12-6-4-5-11(9-12)22-10-14(18)17-13-7-2-3-8-16-15(13)19/h4-6,9,13H,2-3,7-8,10H2,1H3,(H,16,19)(H,17,18)/t13-/m1/s1. The largest absolute Gasteiger partial charge is 0.484 e. The van der Waals surface area contributed by atoms with Gasteiger partial charge in [-0.1, -0.05) is 6.07 Å². The van der Waals surface area contributed by atoms with E-state index >= 15 is 0 Å². The number of amides is 2. The average molecular weight is 340 g/mol. The number of rotatable bonds is 5. The molecule has 0 unspecified atom stereocenters. The second kappa shape index (κ2) is 7.45. The van der Waals surface area contributed by atoms with Crippen LogP contribution in [0.4, 0.5) is 0 Å². The molecule has 0 radical (unpaired) electrons. The van der Waals surface area contributed by atoms with Crippen LogP contribution >= 0.6 is 0 Å². The molecule has 1 heterocycles. The van der Waals surface area contributed by atoms with Crippen molar-refractivity contribution >= 4 is 21.7 Å². The lowest BCUT2D eigenvalue weighted by molar-refractivity contribution is -0.129. The van der Waals surface area contributed by atoms with Crippen LogP contribution in [0.5, 0.6) is 5.75 Å². The maximum absolute atomic E-state index is 11.9. The number of sulfone groups is 1. The van der Waals surface area contributed by atoms with E-state index in [0.29, 0.717) is 13.0 Å². The van der Waals surface area contributed by atoms with Gasteiger partial charge in [-0.2, -0.15) is 0 Å². The number of carbonyl (C=O) groups is 2. The van der Waals surface area contributed by atoms with Gasteiger partial charge in [0.15, 0.2) is 16.4 Å². The Bertz CT molecular complexity index is 687. The first-order valence-corrected chi connectivity index (χ1v) is 9.25. The van der Waals surface area contributed by atoms with Crippen molar-refractivity contribution < 1.29 is 22.7 Å². The summed E-state index contributed by atoms with van der Waals surface area (Å²) in [5.74, 6) is -0.319. The Balaban J connectivity index is 1.90. The molecule has 7 nitrogen and oxygen atoms in total. The normalized spacial score (nSPS) is 18.7. The van der Waals surface area contributed by atoms with Crippen LogP contribution in [-0.2, 0) is 19.4 Å². The van der Waals surface area contributed by atoms with Crippen molar-refractivity contribution in [1.82, 2.24) is 10.6 Å². The smallest absolute Gasteiger partial charge is 0.258 e. The summed E-state index contributed by atoms with van der Waals surface area (Å²) in [5, 5.41) is 5.37. The van der Waals surface area contributed by atoms with E-state index < -0.39 is 21.8 Å². The number of benzene rings is 1. The van der Waals surface area contributed by atoms with E-state index in [1.807, 2.05) is 0 Å². The molecule has 1 aliphatic heterocycles. The first-order chi connectivity index (χ1) is 10.9. The van der Waals surface area contributed by atoms with E-state index in [2.05, 4.69) is 10.6 Å². The van der Waals surface area contributed by atoms with Crippen LogP contribution in [0.25, 0.3) is 0 Å². The Labute approximate surface area is 135 Å². The van der Waals surface area contributed by atoms with E-state index in [1.54, 1.807) is 12.1 Å². The highest BCUT2D eigenvalue weighted by atomic mass is 32.2. The molecule has 8 heteroatoms. The maximum Gasteiger partial charge on any atom is 0.258 e. The fourth-order valence-corrected chi connectivity index (χ4v) is 2.91. The van der Waals surface area contributed by atoms with Gasteiger partial charge in [-0.3, -0.25) is 9.59 Å². The molecule has 1 aromatic rings. The molecule has 1 saturated heterocycles. The van der Waals surface area contributed by atoms with Crippen molar-refractivity contribution in [3.05, 3.63) is 24.3 Å². The van der Waals surface area contributed by atoms with Crippen molar-refractivity contribution in [2.24, 2.45) is 0 Å². The van der Waals surface area contributed by atoms with E-state index in [1.165, 1.54) is 12.1 Å². The molecule has 126 valence electrons. The van der Waals surface area contributed by atoms with Crippen molar-refractivity contribution in [1.29, 1.82) is 0 Å². The molecule has 1 aromatic carbocycles. The van der Waals surface area contributed by atoms with Gasteiger partial charge in [0.05, 0.1) is 4.90 Å². The van der Waals surface area contributed by atoms with Gasteiger partial charge >= 0.3 is 0 Å². The summed E-state index contributed by atoms with van der Waals surface area (Å²) in [6.07, 6.45) is 3.46. The lowest BCUT2D eigenvalue weighted by Crippen LogP contribution is -2.46. The Morgan fingerprint density at radius 1 is 1.39 bits per heavy atom. The summed E-state index contributed by atoms with van der Waals surface area (Å²) in [6.45, 7) is 0.344. The topological polar surface area (TPSA) is 102 Å². The molecular weight excluding hydrogens is 320 g/mol. The Morgan fingerprint density at radius 3 is 2.91 bits per heavy atom. The minimum atomic E-state index is -3.33. The highest BCUT2D eigenvalue weighted by Gasteiger charge is 2.22. The van der Waals surface area contributed by atoms with Gasteiger partial charge < -0.3 is 15.4 Å². The Morgan fingerprint density at radius 2 is 2.17 bits per heavy atom. The fourth-order valence-electron chi connectivity index (χ4n) is 2.26. The van der Waals surface area contributed by atoms with Gasteiger partial charge in [-0.05, 0) is 37.5 Å². The lowest BCUT2D eigenvalue weighted by atomic mass is 10.1. The molecule has 0 bridgehead atoms. The van der Waals surface area contributed by atoms with E-state index in [9.17, 15) is 18.0 Å². The second-order valence-electron chi connectivity index (χ2n) is 5.44. The number of hydrogen-bond donors (Lipinski definition) is 2. The summed E-state index contributed by atoms with van der Waals surface area (Å²) in [7, 11) is -3.33. The molecule has 0 spiro atoms. The fraction of sp³-hybridized carbons (Fsp3) is 0.467. The van der Waals surface area contributed by atoms with Gasteiger partial charge in [0.2, 0.25) is 5.91 Å². The third kappa shape index (κ3) is 5.24. The monoisotopic (exact) mass is 340 g/mol. The Hall–Kier alpha value is -2.09. The van der Waals surface area contributed by atoms with Crippen LogP contribution in [0.1, 0.15) is 19.3 Å². The van der Waals surface area contributed by atoms with Gasteiger partial charge in [0, 0.05) is 12.8 Å². The summed E-state index contributed by atoms with van der Waals surface area (Å²) in [5.41, 5.74) is 0. The quantitative estimate of drug-likeness (QED) is 0.800. The number of ether oxygens (including phenoxy) is 1. The third-order valence-electron chi connectivity index (χ3n) is 3.47. The summed E-state index contributed by atoms with van der Waals surface area (Å²) in [4.78, 5) is 23.8. The van der Waals surface area contributed by atoms with Gasteiger partial charge in [-0.25, -0.2) is 8.42 Å². The third-order valence-corrected chi connectivity index (χ3v) is 4.58. The lowest BCUT2D eigenvalue weighted by Gasteiger charge is -2.15. The van der Waals surface area contributed by atoms with Crippen molar-refractivity contribution in [2.75, 3.05) is 19.4 Å². The first-order valence-electron chi connectivity index (χ1n) is 7.36. The maximum atomic E-state index is 11.9. The van der Waals surface area contributed by atoms with Crippen LogP contribution in [0.2, 0.25) is 0 Å². The first kappa shape index (κ1) is 17.3. The van der Waals surface area contributed by atoms with E-state index in [-0.39, 0.29) is 23.2 Å². The summed E-state index contributed by atoms with van der Waals surface area (Å²) >= 11 is 0.